The van der Waals surface area contributed by atoms with Crippen molar-refractivity contribution in [1.82, 2.24) is 15.1 Å². The number of amides is 1. The quantitative estimate of drug-likeness (QED) is 0.615. The largest absolute Gasteiger partial charge is 0.416 e. The Morgan fingerprint density at radius 2 is 2.13 bits per heavy atom. The molecular formula is C22H23F3N4OS. The maximum Gasteiger partial charge on any atom is 0.416 e. The highest BCUT2D eigenvalue weighted by Crippen LogP contribution is 2.37. The molecule has 1 unspecified atom stereocenters. The van der Waals surface area contributed by atoms with Crippen LogP contribution >= 0.6 is 11.3 Å². The number of carbonyl (C=O) groups excluding carboxylic acids is 1. The average Bonchev–Trinajstić information content (AvgIpc) is 3.26. The standard InChI is InChI=1S/C22H23F3N4OS/c1-13-12-27-29-8-4-7-18-16(20(13)29)10-19(31-18)21(30)28-15(11-26)9-14-5-2-3-6-17(14)22(23,24)25/h2-3,5-6,10,12,15H,4,7-9,11,26H2,1H3,(H,28,30). The Labute approximate surface area is 182 Å². The summed E-state index contributed by atoms with van der Waals surface area (Å²) in [5.41, 5.74) is 8.29. The number of halogens is 3. The SMILES string of the molecule is Cc1cnn2c1-c1cc(C(=O)NC(CN)Cc3ccccc3C(F)(F)F)sc1CCC2. The molecule has 0 saturated heterocycles. The van der Waals surface area contributed by atoms with Gasteiger partial charge < -0.3 is 11.1 Å². The van der Waals surface area contributed by atoms with Gasteiger partial charge in [0.15, 0.2) is 0 Å². The third-order valence-electron chi connectivity index (χ3n) is 5.49. The maximum atomic E-state index is 13.3. The average molecular weight is 449 g/mol. The summed E-state index contributed by atoms with van der Waals surface area (Å²) in [4.78, 5) is 14.6. The summed E-state index contributed by atoms with van der Waals surface area (Å²) in [6.45, 7) is 2.86. The second-order valence-corrected chi connectivity index (χ2v) is 8.85. The molecule has 2 aromatic heterocycles. The van der Waals surface area contributed by atoms with Crippen LogP contribution in [0.1, 0.15) is 37.7 Å². The minimum absolute atomic E-state index is 0.00882. The third kappa shape index (κ3) is 4.38. The van der Waals surface area contributed by atoms with E-state index in [4.69, 9.17) is 5.73 Å². The Morgan fingerprint density at radius 1 is 1.35 bits per heavy atom. The van der Waals surface area contributed by atoms with Crippen LogP contribution in [0.2, 0.25) is 0 Å². The number of alkyl halides is 3. The van der Waals surface area contributed by atoms with E-state index in [1.807, 2.05) is 23.9 Å². The Bertz CT molecular complexity index is 1100. The van der Waals surface area contributed by atoms with Gasteiger partial charge in [-0.3, -0.25) is 9.48 Å². The van der Waals surface area contributed by atoms with Crippen LogP contribution in [0.5, 0.6) is 0 Å². The lowest BCUT2D eigenvalue weighted by Crippen LogP contribution is -2.41. The molecule has 1 amide bonds. The molecule has 0 saturated carbocycles. The Hall–Kier alpha value is -2.65. The highest BCUT2D eigenvalue weighted by atomic mass is 32.1. The first-order valence-electron chi connectivity index (χ1n) is 10.1. The lowest BCUT2D eigenvalue weighted by molar-refractivity contribution is -0.138. The van der Waals surface area contributed by atoms with Gasteiger partial charge in [0.25, 0.3) is 5.91 Å². The highest BCUT2D eigenvalue weighted by molar-refractivity contribution is 7.14. The Morgan fingerprint density at radius 3 is 2.87 bits per heavy atom. The van der Waals surface area contributed by atoms with Gasteiger partial charge in [-0.05, 0) is 49.4 Å². The van der Waals surface area contributed by atoms with Crippen LogP contribution in [0, 0.1) is 6.92 Å². The number of nitrogens with zero attached hydrogens (tertiary/aromatic N) is 2. The summed E-state index contributed by atoms with van der Waals surface area (Å²) in [6.07, 6.45) is -0.830. The van der Waals surface area contributed by atoms with Crippen molar-refractivity contribution in [1.29, 1.82) is 0 Å². The second kappa shape index (κ2) is 8.47. The number of fused-ring (bicyclic) bond motifs is 3. The van der Waals surface area contributed by atoms with Crippen LogP contribution in [0.3, 0.4) is 0 Å². The molecule has 3 aromatic rings. The van der Waals surface area contributed by atoms with E-state index in [0.29, 0.717) is 4.88 Å². The smallest absolute Gasteiger partial charge is 0.347 e. The zero-order valence-corrected chi connectivity index (χ0v) is 17.8. The number of nitrogens with two attached hydrogens (primary N) is 1. The number of nitrogens with one attached hydrogen (secondary N) is 1. The molecule has 5 nitrogen and oxygen atoms in total. The molecule has 0 spiro atoms. The first kappa shape index (κ1) is 21.6. The van der Waals surface area contributed by atoms with Gasteiger partial charge in [0.1, 0.15) is 0 Å². The first-order valence-corrected chi connectivity index (χ1v) is 10.9. The van der Waals surface area contributed by atoms with Crippen molar-refractivity contribution >= 4 is 17.2 Å². The molecular weight excluding hydrogens is 425 g/mol. The number of thiophene rings is 1. The summed E-state index contributed by atoms with van der Waals surface area (Å²) in [5, 5.41) is 7.24. The molecule has 0 aliphatic carbocycles. The summed E-state index contributed by atoms with van der Waals surface area (Å²) in [5.74, 6) is -0.318. The van der Waals surface area contributed by atoms with Crippen LogP contribution in [-0.4, -0.2) is 28.3 Å². The van der Waals surface area contributed by atoms with Gasteiger partial charge in [-0.15, -0.1) is 11.3 Å². The maximum absolute atomic E-state index is 13.3. The lowest BCUT2D eigenvalue weighted by atomic mass is 9.99. The van der Waals surface area contributed by atoms with Crippen molar-refractivity contribution < 1.29 is 18.0 Å². The van der Waals surface area contributed by atoms with E-state index in [2.05, 4.69) is 10.4 Å². The fraction of sp³-hybridized carbons (Fsp3) is 0.364. The number of carbonyl (C=O) groups is 1. The predicted molar refractivity (Wildman–Crippen MR) is 114 cm³/mol. The topological polar surface area (TPSA) is 72.9 Å². The van der Waals surface area contributed by atoms with Crippen LogP contribution in [0.25, 0.3) is 11.3 Å². The molecule has 31 heavy (non-hydrogen) atoms. The molecule has 164 valence electrons. The van der Waals surface area contributed by atoms with Gasteiger partial charge in [-0.25, -0.2) is 0 Å². The molecule has 0 radical (unpaired) electrons. The molecule has 4 rings (SSSR count). The van der Waals surface area contributed by atoms with E-state index in [1.165, 1.54) is 23.5 Å². The number of hydrogen-bond donors (Lipinski definition) is 2. The molecule has 0 fully saturated rings. The zero-order valence-electron chi connectivity index (χ0n) is 17.0. The zero-order chi connectivity index (χ0) is 22.2. The molecule has 3 heterocycles. The molecule has 0 bridgehead atoms. The predicted octanol–water partition coefficient (Wildman–Crippen LogP) is 4.18. The van der Waals surface area contributed by atoms with Gasteiger partial charge in [-0.2, -0.15) is 18.3 Å². The van der Waals surface area contributed by atoms with Crippen LogP contribution < -0.4 is 11.1 Å². The van der Waals surface area contributed by atoms with E-state index in [9.17, 15) is 18.0 Å². The molecule has 1 aliphatic heterocycles. The Balaban J connectivity index is 1.55. The van der Waals surface area contributed by atoms with Crippen LogP contribution in [0.15, 0.2) is 36.5 Å². The molecule has 1 aliphatic rings. The number of hydrogen-bond acceptors (Lipinski definition) is 4. The fourth-order valence-electron chi connectivity index (χ4n) is 4.01. The van der Waals surface area contributed by atoms with E-state index in [0.717, 1.165) is 47.2 Å². The minimum Gasteiger partial charge on any atom is -0.347 e. The lowest BCUT2D eigenvalue weighted by Gasteiger charge is -2.19. The van der Waals surface area contributed by atoms with Gasteiger partial charge >= 0.3 is 6.18 Å². The van der Waals surface area contributed by atoms with E-state index >= 15 is 0 Å². The number of benzene rings is 1. The normalized spacial score (nSPS) is 14.5. The van der Waals surface area contributed by atoms with Gasteiger partial charge in [0.05, 0.1) is 22.3 Å². The number of aromatic nitrogens is 2. The van der Waals surface area contributed by atoms with Crippen molar-refractivity contribution in [2.75, 3.05) is 6.54 Å². The van der Waals surface area contributed by atoms with Gasteiger partial charge in [0.2, 0.25) is 0 Å². The van der Waals surface area contributed by atoms with E-state index < -0.39 is 17.8 Å². The fourth-order valence-corrected chi connectivity index (χ4v) is 5.11. The summed E-state index contributed by atoms with van der Waals surface area (Å²) in [7, 11) is 0. The summed E-state index contributed by atoms with van der Waals surface area (Å²) in [6, 6.07) is 6.64. The summed E-state index contributed by atoms with van der Waals surface area (Å²) < 4.78 is 41.9. The second-order valence-electron chi connectivity index (χ2n) is 7.72. The van der Waals surface area contributed by atoms with Crippen LogP contribution in [0.4, 0.5) is 13.2 Å². The number of aryl methyl sites for hydroxylation is 3. The third-order valence-corrected chi connectivity index (χ3v) is 6.69. The molecule has 1 atom stereocenters. The summed E-state index contributed by atoms with van der Waals surface area (Å²) >= 11 is 1.42. The molecule has 1 aromatic carbocycles. The highest BCUT2D eigenvalue weighted by Gasteiger charge is 2.33. The number of rotatable bonds is 5. The minimum atomic E-state index is -4.45. The van der Waals surface area contributed by atoms with Gasteiger partial charge in [0, 0.05) is 29.6 Å². The van der Waals surface area contributed by atoms with Crippen molar-refractivity contribution in [2.24, 2.45) is 5.73 Å². The van der Waals surface area contributed by atoms with E-state index in [1.54, 1.807) is 6.07 Å². The van der Waals surface area contributed by atoms with Crippen molar-refractivity contribution in [3.05, 3.63) is 63.0 Å². The van der Waals surface area contributed by atoms with Crippen molar-refractivity contribution in [3.8, 4) is 11.3 Å². The monoisotopic (exact) mass is 448 g/mol. The van der Waals surface area contributed by atoms with Crippen molar-refractivity contribution in [3.63, 3.8) is 0 Å². The van der Waals surface area contributed by atoms with Crippen LogP contribution in [-0.2, 0) is 25.6 Å². The van der Waals surface area contributed by atoms with Gasteiger partial charge in [-0.1, -0.05) is 18.2 Å². The molecule has 3 N–H and O–H groups in total. The molecule has 9 heteroatoms. The Kier molecular flexibility index (Phi) is 5.90. The van der Waals surface area contributed by atoms with Crippen molar-refractivity contribution in [2.45, 2.75) is 44.9 Å². The van der Waals surface area contributed by atoms with E-state index in [-0.39, 0.29) is 24.4 Å². The first-order chi connectivity index (χ1) is 14.8.